The number of rotatable bonds is 5. The molecule has 49 heavy (non-hydrogen) atoms. The molecule has 8 aromatic rings. The summed E-state index contributed by atoms with van der Waals surface area (Å²) in [5.41, 5.74) is 16.2. The van der Waals surface area contributed by atoms with Crippen molar-refractivity contribution in [3.05, 3.63) is 155 Å². The Labute approximate surface area is 287 Å². The zero-order valence-corrected chi connectivity index (χ0v) is 28.8. The second-order valence-electron chi connectivity index (χ2n) is 13.5. The van der Waals surface area contributed by atoms with E-state index in [2.05, 4.69) is 167 Å². The van der Waals surface area contributed by atoms with Gasteiger partial charge in [-0.1, -0.05) is 119 Å². The van der Waals surface area contributed by atoms with Gasteiger partial charge in [-0.15, -0.1) is 0 Å². The predicted molar refractivity (Wildman–Crippen MR) is 204 cm³/mol. The molecule has 0 unspecified atom stereocenters. The van der Waals surface area contributed by atoms with Gasteiger partial charge in [0.1, 0.15) is 0 Å². The van der Waals surface area contributed by atoms with Crippen LogP contribution in [0, 0.1) is 41.5 Å². The lowest BCUT2D eigenvalue weighted by Gasteiger charge is -2.13. The molecule has 238 valence electrons. The molecule has 0 N–H and O–H groups in total. The average molecular weight is 635 g/mol. The molecule has 0 aliphatic carbocycles. The van der Waals surface area contributed by atoms with Crippen LogP contribution in [0.15, 0.2) is 121 Å². The van der Waals surface area contributed by atoms with Crippen LogP contribution in [0.25, 0.3) is 72.8 Å². The van der Waals surface area contributed by atoms with E-state index in [0.717, 1.165) is 22.2 Å². The molecule has 4 heteroatoms. The maximum atomic E-state index is 5.20. The van der Waals surface area contributed by atoms with Crippen molar-refractivity contribution in [2.75, 3.05) is 0 Å². The van der Waals surface area contributed by atoms with Crippen LogP contribution >= 0.6 is 0 Å². The molecule has 0 aliphatic heterocycles. The largest absolute Gasteiger partial charge is 0.278 e. The van der Waals surface area contributed by atoms with Crippen LogP contribution in [-0.2, 0) is 0 Å². The van der Waals surface area contributed by atoms with Gasteiger partial charge in [0.25, 0.3) is 0 Å². The molecule has 2 heterocycles. The fourth-order valence-corrected chi connectivity index (χ4v) is 6.75. The van der Waals surface area contributed by atoms with Gasteiger partial charge in [-0.3, -0.25) is 4.57 Å². The fourth-order valence-electron chi connectivity index (χ4n) is 6.75. The Hall–Kier alpha value is -5.87. The monoisotopic (exact) mass is 634 g/mol. The van der Waals surface area contributed by atoms with E-state index < -0.39 is 0 Å². The van der Waals surface area contributed by atoms with Gasteiger partial charge in [-0.25, -0.2) is 4.98 Å². The van der Waals surface area contributed by atoms with Crippen LogP contribution in [0.4, 0.5) is 0 Å². The van der Waals surface area contributed by atoms with Gasteiger partial charge in [-0.05, 0) is 99.2 Å². The van der Waals surface area contributed by atoms with Crippen molar-refractivity contribution < 1.29 is 0 Å². The van der Waals surface area contributed by atoms with Crippen LogP contribution in [-0.4, -0.2) is 19.5 Å². The van der Waals surface area contributed by atoms with Gasteiger partial charge in [0.05, 0.1) is 11.0 Å². The van der Waals surface area contributed by atoms with Crippen molar-refractivity contribution in [1.29, 1.82) is 0 Å². The maximum Gasteiger partial charge on any atom is 0.238 e. The topological polar surface area (TPSA) is 43.6 Å². The van der Waals surface area contributed by atoms with Crippen molar-refractivity contribution in [3.8, 4) is 51.0 Å². The van der Waals surface area contributed by atoms with Gasteiger partial charge in [0.2, 0.25) is 5.95 Å². The Kier molecular flexibility index (Phi) is 7.45. The zero-order chi connectivity index (χ0) is 33.8. The fraction of sp³-hybridized carbons (Fsp3) is 0.133. The van der Waals surface area contributed by atoms with Crippen LogP contribution < -0.4 is 0 Å². The summed E-state index contributed by atoms with van der Waals surface area (Å²) in [7, 11) is 0. The molecule has 4 nitrogen and oxygen atoms in total. The summed E-state index contributed by atoms with van der Waals surface area (Å²) in [4.78, 5) is 15.4. The molecule has 0 amide bonds. The second kappa shape index (κ2) is 12.0. The van der Waals surface area contributed by atoms with Crippen LogP contribution in [0.1, 0.15) is 33.4 Å². The van der Waals surface area contributed by atoms with Crippen LogP contribution in [0.3, 0.4) is 0 Å². The van der Waals surface area contributed by atoms with Crippen molar-refractivity contribution in [2.24, 2.45) is 0 Å². The van der Waals surface area contributed by atoms with E-state index in [1.807, 2.05) is 0 Å². The van der Waals surface area contributed by atoms with E-state index >= 15 is 0 Å². The number of fused-ring (bicyclic) bond motifs is 3. The minimum Gasteiger partial charge on any atom is -0.278 e. The molecule has 6 aromatic carbocycles. The number of benzene rings is 6. The lowest BCUT2D eigenvalue weighted by molar-refractivity contribution is 0.952. The van der Waals surface area contributed by atoms with E-state index in [1.165, 1.54) is 66.4 Å². The Morgan fingerprint density at radius 1 is 0.367 bits per heavy atom. The maximum absolute atomic E-state index is 5.20. The van der Waals surface area contributed by atoms with Crippen molar-refractivity contribution in [1.82, 2.24) is 19.5 Å². The summed E-state index contributed by atoms with van der Waals surface area (Å²) in [6, 6.07) is 43.7. The second-order valence-corrected chi connectivity index (χ2v) is 13.5. The normalized spacial score (nSPS) is 11.5. The lowest BCUT2D eigenvalue weighted by atomic mass is 9.95. The molecule has 0 aliphatic rings. The summed E-state index contributed by atoms with van der Waals surface area (Å²) < 4.78 is 2.24. The summed E-state index contributed by atoms with van der Waals surface area (Å²) >= 11 is 0. The SMILES string of the molecule is Cc1ccc(-c2nc(-c3ccc(C)cc3)nc(-n3c4cc(C)c(-c5ccc(C)cc5)cc4c4cc(-c5ccc(C)cc5)c(C)cc43)n2)cc1. The highest BCUT2D eigenvalue weighted by atomic mass is 15.2. The van der Waals surface area contributed by atoms with E-state index in [9.17, 15) is 0 Å². The first-order chi connectivity index (χ1) is 23.7. The van der Waals surface area contributed by atoms with E-state index in [4.69, 9.17) is 15.0 Å². The molecule has 0 fully saturated rings. The molecule has 0 saturated heterocycles. The highest BCUT2D eigenvalue weighted by Crippen LogP contribution is 2.40. The third-order valence-corrected chi connectivity index (χ3v) is 9.63. The first-order valence-corrected chi connectivity index (χ1v) is 16.9. The number of hydrogen-bond donors (Lipinski definition) is 0. The molecular formula is C45H38N4. The van der Waals surface area contributed by atoms with E-state index in [-0.39, 0.29) is 0 Å². The molecule has 8 rings (SSSR count). The minimum atomic E-state index is 0.603. The number of aryl methyl sites for hydroxylation is 6. The van der Waals surface area contributed by atoms with Crippen LogP contribution in [0.2, 0.25) is 0 Å². The summed E-state index contributed by atoms with van der Waals surface area (Å²) in [5, 5.41) is 2.33. The Balaban J connectivity index is 1.45. The van der Waals surface area contributed by atoms with Crippen molar-refractivity contribution in [3.63, 3.8) is 0 Å². The predicted octanol–water partition coefficient (Wildman–Crippen LogP) is 11.5. The van der Waals surface area contributed by atoms with Crippen molar-refractivity contribution >= 4 is 21.8 Å². The van der Waals surface area contributed by atoms with Gasteiger partial charge in [0, 0.05) is 21.9 Å². The Bertz CT molecular complexity index is 2330. The summed E-state index contributed by atoms with van der Waals surface area (Å²) in [5.74, 6) is 1.90. The first kappa shape index (κ1) is 30.5. The van der Waals surface area contributed by atoms with Gasteiger partial charge in [0.15, 0.2) is 11.6 Å². The Morgan fingerprint density at radius 3 is 1.04 bits per heavy atom. The molecule has 0 spiro atoms. The van der Waals surface area contributed by atoms with Gasteiger partial charge in [-0.2, -0.15) is 9.97 Å². The molecule has 2 aromatic heterocycles. The average Bonchev–Trinajstić information content (AvgIpc) is 3.40. The Morgan fingerprint density at radius 2 is 0.694 bits per heavy atom. The first-order valence-electron chi connectivity index (χ1n) is 16.9. The van der Waals surface area contributed by atoms with Gasteiger partial charge >= 0.3 is 0 Å². The van der Waals surface area contributed by atoms with Gasteiger partial charge < -0.3 is 0 Å². The minimum absolute atomic E-state index is 0.603. The smallest absolute Gasteiger partial charge is 0.238 e. The summed E-state index contributed by atoms with van der Waals surface area (Å²) in [6.45, 7) is 12.8. The molecule has 0 saturated carbocycles. The van der Waals surface area contributed by atoms with E-state index in [0.29, 0.717) is 17.6 Å². The highest BCUT2D eigenvalue weighted by Gasteiger charge is 2.21. The quantitative estimate of drug-likeness (QED) is 0.189. The molecule has 0 atom stereocenters. The number of nitrogens with zero attached hydrogens (tertiary/aromatic N) is 4. The number of aromatic nitrogens is 4. The van der Waals surface area contributed by atoms with Crippen LogP contribution in [0.5, 0.6) is 0 Å². The summed E-state index contributed by atoms with van der Waals surface area (Å²) in [6.07, 6.45) is 0. The van der Waals surface area contributed by atoms with E-state index in [1.54, 1.807) is 0 Å². The third-order valence-electron chi connectivity index (χ3n) is 9.63. The standard InChI is InChI=1S/C45H38N4/c1-27-7-15-33(16-8-27)37-25-39-40-26-38(34-17-9-28(2)10-18-34)32(6)24-42(40)49(41(39)23-31(37)5)45-47-43(35-19-11-29(3)12-20-35)46-44(48-45)36-21-13-30(4)14-22-36/h7-26H,1-6H3. The molecule has 0 radical (unpaired) electrons. The number of hydrogen-bond acceptors (Lipinski definition) is 3. The highest BCUT2D eigenvalue weighted by molar-refractivity contribution is 6.12. The third kappa shape index (κ3) is 5.59. The van der Waals surface area contributed by atoms with Crippen molar-refractivity contribution in [2.45, 2.75) is 41.5 Å². The molecule has 0 bridgehead atoms. The molecular weight excluding hydrogens is 597 g/mol. The lowest BCUT2D eigenvalue weighted by Crippen LogP contribution is -2.06. The zero-order valence-electron chi connectivity index (χ0n) is 28.8.